The molecule has 1 aromatic carbocycles. The quantitative estimate of drug-likeness (QED) is 0.755. The number of hydrogen-bond acceptors (Lipinski definition) is 3. The van der Waals surface area contributed by atoms with Gasteiger partial charge in [0.05, 0.1) is 12.5 Å². The minimum atomic E-state index is -0.805. The lowest BCUT2D eigenvalue weighted by Gasteiger charge is -2.20. The Morgan fingerprint density at radius 1 is 1.26 bits per heavy atom. The average molecular weight is 265 g/mol. The third kappa shape index (κ3) is 5.01. The Balaban J connectivity index is 2.67. The van der Waals surface area contributed by atoms with Crippen molar-refractivity contribution in [3.63, 3.8) is 0 Å². The molecule has 1 rings (SSSR count). The fraction of sp³-hybridized carbons (Fsp3) is 0.533. The van der Waals surface area contributed by atoms with Gasteiger partial charge in [-0.1, -0.05) is 31.2 Å². The highest BCUT2D eigenvalue weighted by Crippen LogP contribution is 2.16. The van der Waals surface area contributed by atoms with Crippen LogP contribution in [-0.4, -0.2) is 40.8 Å². The first-order valence-corrected chi connectivity index (χ1v) is 6.73. The number of benzene rings is 1. The number of rotatable bonds is 8. The standard InChI is InChI=1S/C15H23NO3/c1-3-8-16(9-10-17)11-13-4-6-14(7-5-13)12(2)15(18)19/h4-7,12,17H,3,8-11H2,1-2H3,(H,18,19). The molecule has 19 heavy (non-hydrogen) atoms. The minimum absolute atomic E-state index is 0.161. The number of aliphatic carboxylic acids is 1. The molecule has 106 valence electrons. The largest absolute Gasteiger partial charge is 0.481 e. The molecule has 4 heteroatoms. The molecule has 0 radical (unpaired) electrons. The molecule has 1 aromatic rings. The maximum absolute atomic E-state index is 10.9. The summed E-state index contributed by atoms with van der Waals surface area (Å²) in [7, 11) is 0. The Morgan fingerprint density at radius 2 is 1.89 bits per heavy atom. The van der Waals surface area contributed by atoms with Crippen molar-refractivity contribution in [3.05, 3.63) is 35.4 Å². The fourth-order valence-corrected chi connectivity index (χ4v) is 2.04. The lowest BCUT2D eigenvalue weighted by Crippen LogP contribution is -2.27. The second-order valence-corrected chi connectivity index (χ2v) is 4.80. The van der Waals surface area contributed by atoms with E-state index in [9.17, 15) is 4.79 Å². The first-order chi connectivity index (χ1) is 9.08. The van der Waals surface area contributed by atoms with Gasteiger partial charge in [0.2, 0.25) is 0 Å². The van der Waals surface area contributed by atoms with Gasteiger partial charge in [-0.3, -0.25) is 9.69 Å². The van der Waals surface area contributed by atoms with Crippen molar-refractivity contribution < 1.29 is 15.0 Å². The van der Waals surface area contributed by atoms with Gasteiger partial charge in [0.25, 0.3) is 0 Å². The van der Waals surface area contributed by atoms with Gasteiger partial charge in [-0.15, -0.1) is 0 Å². The third-order valence-corrected chi connectivity index (χ3v) is 3.21. The van der Waals surface area contributed by atoms with Crippen LogP contribution in [0.4, 0.5) is 0 Å². The lowest BCUT2D eigenvalue weighted by atomic mass is 10.00. The lowest BCUT2D eigenvalue weighted by molar-refractivity contribution is -0.138. The molecule has 0 aliphatic rings. The number of hydrogen-bond donors (Lipinski definition) is 2. The van der Waals surface area contributed by atoms with Crippen molar-refractivity contribution in [2.75, 3.05) is 19.7 Å². The first kappa shape index (κ1) is 15.7. The van der Waals surface area contributed by atoms with Crippen LogP contribution in [0.3, 0.4) is 0 Å². The molecule has 0 bridgehead atoms. The molecule has 0 saturated carbocycles. The Morgan fingerprint density at radius 3 is 2.37 bits per heavy atom. The monoisotopic (exact) mass is 265 g/mol. The van der Waals surface area contributed by atoms with Gasteiger partial charge in [0.1, 0.15) is 0 Å². The topological polar surface area (TPSA) is 60.8 Å². The van der Waals surface area contributed by atoms with Crippen LogP contribution < -0.4 is 0 Å². The van der Waals surface area contributed by atoms with Gasteiger partial charge in [0.15, 0.2) is 0 Å². The predicted octanol–water partition coefficient (Wildman–Crippen LogP) is 2.08. The normalized spacial score (nSPS) is 12.6. The summed E-state index contributed by atoms with van der Waals surface area (Å²) in [6.45, 7) is 6.37. The van der Waals surface area contributed by atoms with Crippen molar-refractivity contribution in [1.29, 1.82) is 0 Å². The maximum Gasteiger partial charge on any atom is 0.310 e. The molecule has 0 aromatic heterocycles. The molecule has 0 aliphatic heterocycles. The van der Waals surface area contributed by atoms with Crippen molar-refractivity contribution in [1.82, 2.24) is 4.90 Å². The average Bonchev–Trinajstić information content (AvgIpc) is 2.39. The van der Waals surface area contributed by atoms with E-state index in [0.29, 0.717) is 6.54 Å². The second-order valence-electron chi connectivity index (χ2n) is 4.80. The SMILES string of the molecule is CCCN(CCO)Cc1ccc(C(C)C(=O)O)cc1. The van der Waals surface area contributed by atoms with Crippen LogP contribution >= 0.6 is 0 Å². The Hall–Kier alpha value is -1.39. The molecule has 0 heterocycles. The van der Waals surface area contributed by atoms with E-state index < -0.39 is 11.9 Å². The number of aliphatic hydroxyl groups is 1. The number of aliphatic hydroxyl groups excluding tert-OH is 1. The van der Waals surface area contributed by atoms with E-state index in [1.807, 2.05) is 24.3 Å². The second kappa shape index (κ2) is 7.92. The molecule has 1 unspecified atom stereocenters. The highest BCUT2D eigenvalue weighted by molar-refractivity contribution is 5.75. The fourth-order valence-electron chi connectivity index (χ4n) is 2.04. The van der Waals surface area contributed by atoms with Crippen molar-refractivity contribution in [3.8, 4) is 0 Å². The van der Waals surface area contributed by atoms with E-state index in [2.05, 4.69) is 11.8 Å². The van der Waals surface area contributed by atoms with E-state index in [-0.39, 0.29) is 6.61 Å². The van der Waals surface area contributed by atoms with Crippen LogP contribution in [0.15, 0.2) is 24.3 Å². The Labute approximate surface area is 114 Å². The van der Waals surface area contributed by atoms with E-state index in [0.717, 1.165) is 30.6 Å². The Bertz CT molecular complexity index is 383. The molecule has 0 aliphatic carbocycles. The summed E-state index contributed by atoms with van der Waals surface area (Å²) < 4.78 is 0. The number of carbonyl (C=O) groups is 1. The van der Waals surface area contributed by atoms with Gasteiger partial charge >= 0.3 is 5.97 Å². The summed E-state index contributed by atoms with van der Waals surface area (Å²) in [4.78, 5) is 13.1. The molecule has 1 atom stereocenters. The van der Waals surface area contributed by atoms with Crippen LogP contribution in [0.2, 0.25) is 0 Å². The zero-order valence-electron chi connectivity index (χ0n) is 11.7. The molecule has 0 spiro atoms. The van der Waals surface area contributed by atoms with Crippen LogP contribution in [0.25, 0.3) is 0 Å². The summed E-state index contributed by atoms with van der Waals surface area (Å²) >= 11 is 0. The summed E-state index contributed by atoms with van der Waals surface area (Å²) in [6, 6.07) is 7.68. The van der Waals surface area contributed by atoms with E-state index >= 15 is 0 Å². The van der Waals surface area contributed by atoms with Crippen molar-refractivity contribution in [2.24, 2.45) is 0 Å². The van der Waals surface area contributed by atoms with Gasteiger partial charge < -0.3 is 10.2 Å². The molecule has 0 fully saturated rings. The zero-order valence-corrected chi connectivity index (χ0v) is 11.7. The summed E-state index contributed by atoms with van der Waals surface area (Å²) in [5, 5.41) is 18.0. The molecule has 0 amide bonds. The van der Waals surface area contributed by atoms with E-state index in [1.165, 1.54) is 0 Å². The van der Waals surface area contributed by atoms with E-state index in [4.69, 9.17) is 10.2 Å². The summed E-state index contributed by atoms with van der Waals surface area (Å²) in [5.41, 5.74) is 1.96. The van der Waals surface area contributed by atoms with E-state index in [1.54, 1.807) is 6.92 Å². The predicted molar refractivity (Wildman–Crippen MR) is 75.1 cm³/mol. The number of carboxylic acid groups (broad SMARTS) is 1. The van der Waals surface area contributed by atoms with Crippen LogP contribution in [0, 0.1) is 0 Å². The summed E-state index contributed by atoms with van der Waals surface area (Å²) in [5.74, 6) is -1.28. The number of carboxylic acids is 1. The minimum Gasteiger partial charge on any atom is -0.481 e. The highest BCUT2D eigenvalue weighted by atomic mass is 16.4. The van der Waals surface area contributed by atoms with Gasteiger partial charge in [-0.05, 0) is 31.0 Å². The smallest absolute Gasteiger partial charge is 0.310 e. The maximum atomic E-state index is 10.9. The third-order valence-electron chi connectivity index (χ3n) is 3.21. The zero-order chi connectivity index (χ0) is 14.3. The molecule has 2 N–H and O–H groups in total. The van der Waals surface area contributed by atoms with Crippen LogP contribution in [-0.2, 0) is 11.3 Å². The van der Waals surface area contributed by atoms with Crippen molar-refractivity contribution in [2.45, 2.75) is 32.7 Å². The Kier molecular flexibility index (Phi) is 6.53. The van der Waals surface area contributed by atoms with Crippen molar-refractivity contribution >= 4 is 5.97 Å². The highest BCUT2D eigenvalue weighted by Gasteiger charge is 2.13. The molecule has 0 saturated heterocycles. The van der Waals surface area contributed by atoms with Gasteiger partial charge in [-0.25, -0.2) is 0 Å². The molecular formula is C15H23NO3. The first-order valence-electron chi connectivity index (χ1n) is 6.73. The van der Waals surface area contributed by atoms with Crippen LogP contribution in [0.1, 0.15) is 37.3 Å². The number of nitrogens with zero attached hydrogens (tertiary/aromatic N) is 1. The summed E-state index contributed by atoms with van der Waals surface area (Å²) in [6.07, 6.45) is 1.05. The molecular weight excluding hydrogens is 242 g/mol. The van der Waals surface area contributed by atoms with Gasteiger partial charge in [0, 0.05) is 13.1 Å². The van der Waals surface area contributed by atoms with Gasteiger partial charge in [-0.2, -0.15) is 0 Å². The van der Waals surface area contributed by atoms with Crippen LogP contribution in [0.5, 0.6) is 0 Å². The molecule has 4 nitrogen and oxygen atoms in total.